The molecular weight excluding hydrogens is 372 g/mol. The summed E-state index contributed by atoms with van der Waals surface area (Å²) in [5.41, 5.74) is 0.717. The van der Waals surface area contributed by atoms with Gasteiger partial charge in [0.05, 0.1) is 16.7 Å². The molecule has 138 valence electrons. The molecule has 5 rings (SSSR count). The van der Waals surface area contributed by atoms with E-state index in [4.69, 9.17) is 16.3 Å². The molecule has 2 aromatic carbocycles. The number of aliphatic hydroxyl groups is 1. The monoisotopic (exact) mass is 388 g/mol. The molecule has 0 amide bonds. The van der Waals surface area contributed by atoms with Crippen LogP contribution in [0.5, 0.6) is 5.75 Å². The van der Waals surface area contributed by atoms with E-state index in [2.05, 4.69) is 23.2 Å². The van der Waals surface area contributed by atoms with Crippen LogP contribution in [0.4, 0.5) is 0 Å². The number of pyridine rings is 1. The maximum absolute atomic E-state index is 11.9. The van der Waals surface area contributed by atoms with E-state index >= 15 is 0 Å². The van der Waals surface area contributed by atoms with E-state index in [9.17, 15) is 10.4 Å². The van der Waals surface area contributed by atoms with Crippen LogP contribution in [0, 0.1) is 11.3 Å². The van der Waals surface area contributed by atoms with Crippen LogP contribution in [-0.4, -0.2) is 10.1 Å². The Labute approximate surface area is 168 Å². The van der Waals surface area contributed by atoms with Gasteiger partial charge in [0.25, 0.3) is 0 Å². The van der Waals surface area contributed by atoms with Gasteiger partial charge >= 0.3 is 0 Å². The lowest BCUT2D eigenvalue weighted by atomic mass is 9.72. The van der Waals surface area contributed by atoms with E-state index in [-0.39, 0.29) is 5.92 Å². The lowest BCUT2D eigenvalue weighted by Gasteiger charge is -2.39. The molecule has 0 spiro atoms. The number of hydrogen-bond acceptors (Lipinski definition) is 4. The summed E-state index contributed by atoms with van der Waals surface area (Å²) < 4.78 is 6.55. The Morgan fingerprint density at radius 3 is 2.61 bits per heavy atom. The molecule has 2 heterocycles. The number of ether oxygens (including phenoxy) is 1. The van der Waals surface area contributed by atoms with Crippen molar-refractivity contribution >= 4 is 11.6 Å². The summed E-state index contributed by atoms with van der Waals surface area (Å²) >= 11 is 6.15. The van der Waals surface area contributed by atoms with Crippen molar-refractivity contribution in [3.8, 4) is 11.8 Å². The fourth-order valence-corrected chi connectivity index (χ4v) is 4.99. The summed E-state index contributed by atoms with van der Waals surface area (Å²) in [6.07, 6.45) is 2.82. The first-order chi connectivity index (χ1) is 13.6. The minimum Gasteiger partial charge on any atom is -0.476 e. The minimum absolute atomic E-state index is 0.0698. The van der Waals surface area contributed by atoms with Gasteiger partial charge in [0, 0.05) is 18.2 Å². The summed E-state index contributed by atoms with van der Waals surface area (Å²) in [7, 11) is 0. The van der Waals surface area contributed by atoms with E-state index in [1.54, 1.807) is 24.4 Å². The molecule has 0 radical (unpaired) electrons. The summed E-state index contributed by atoms with van der Waals surface area (Å²) in [5.74, 6) is 0.444. The Kier molecular flexibility index (Phi) is 3.74. The van der Waals surface area contributed by atoms with Crippen LogP contribution in [0.2, 0.25) is 5.02 Å². The van der Waals surface area contributed by atoms with Crippen molar-refractivity contribution < 1.29 is 9.84 Å². The number of rotatable bonds is 2. The SMILES string of the molecule is N#Cc1ccc([C@@]23Oc4cc(Cl)cnc4C2(O)CCC3c2ccccc2)cc1. The first kappa shape index (κ1) is 17.2. The smallest absolute Gasteiger partial charge is 0.175 e. The molecule has 28 heavy (non-hydrogen) atoms. The van der Waals surface area contributed by atoms with Gasteiger partial charge < -0.3 is 9.84 Å². The fourth-order valence-electron chi connectivity index (χ4n) is 4.84. The molecule has 3 aromatic rings. The van der Waals surface area contributed by atoms with Gasteiger partial charge in [0.15, 0.2) is 11.2 Å². The van der Waals surface area contributed by atoms with Gasteiger partial charge in [-0.15, -0.1) is 0 Å². The Morgan fingerprint density at radius 2 is 1.89 bits per heavy atom. The van der Waals surface area contributed by atoms with Crippen LogP contribution in [0.15, 0.2) is 66.9 Å². The van der Waals surface area contributed by atoms with E-state index in [1.807, 2.05) is 30.3 Å². The fraction of sp³-hybridized carbons (Fsp3) is 0.217. The summed E-state index contributed by atoms with van der Waals surface area (Å²) in [6.45, 7) is 0. The molecule has 2 unspecified atom stereocenters. The van der Waals surface area contributed by atoms with Crippen molar-refractivity contribution in [3.05, 3.63) is 94.3 Å². The highest BCUT2D eigenvalue weighted by Gasteiger charge is 2.69. The van der Waals surface area contributed by atoms with Crippen LogP contribution in [0.3, 0.4) is 0 Å². The average molecular weight is 389 g/mol. The van der Waals surface area contributed by atoms with Crippen LogP contribution in [0.25, 0.3) is 0 Å². The molecule has 0 bridgehead atoms. The third-order valence-corrected chi connectivity index (χ3v) is 6.23. The van der Waals surface area contributed by atoms with Gasteiger partial charge in [0.2, 0.25) is 0 Å². The second-order valence-electron chi connectivity index (χ2n) is 7.39. The first-order valence-corrected chi connectivity index (χ1v) is 9.59. The molecule has 1 aliphatic carbocycles. The largest absolute Gasteiger partial charge is 0.476 e. The quantitative estimate of drug-likeness (QED) is 0.693. The van der Waals surface area contributed by atoms with Gasteiger partial charge in [-0.2, -0.15) is 5.26 Å². The Bertz CT molecular complexity index is 1090. The molecule has 1 saturated carbocycles. The van der Waals surface area contributed by atoms with Crippen molar-refractivity contribution in [2.75, 3.05) is 0 Å². The van der Waals surface area contributed by atoms with Crippen LogP contribution in [-0.2, 0) is 11.2 Å². The Morgan fingerprint density at radius 1 is 1.14 bits per heavy atom. The van der Waals surface area contributed by atoms with Crippen molar-refractivity contribution in [3.63, 3.8) is 0 Å². The van der Waals surface area contributed by atoms with E-state index in [0.717, 1.165) is 17.5 Å². The highest BCUT2D eigenvalue weighted by Crippen LogP contribution is 2.66. The van der Waals surface area contributed by atoms with E-state index < -0.39 is 11.2 Å². The molecule has 5 heteroatoms. The first-order valence-electron chi connectivity index (χ1n) is 9.21. The molecule has 1 fully saturated rings. The van der Waals surface area contributed by atoms with Crippen molar-refractivity contribution in [1.82, 2.24) is 4.98 Å². The Balaban J connectivity index is 1.76. The second-order valence-corrected chi connectivity index (χ2v) is 7.83. The maximum Gasteiger partial charge on any atom is 0.175 e. The number of nitriles is 1. The van der Waals surface area contributed by atoms with Crippen LogP contribution in [0.1, 0.15) is 41.1 Å². The standard InChI is InChI=1S/C23H17ClN2O2/c24-18-12-20-21(26-14-18)22(27)11-10-19(16-4-2-1-3-5-16)23(22,28-20)17-8-6-15(13-25)7-9-17/h1-9,12,14,19,27H,10-11H2/t19?,22?,23-/m0/s1. The zero-order valence-electron chi connectivity index (χ0n) is 15.0. The maximum atomic E-state index is 11.9. The molecule has 2 aliphatic rings. The molecule has 3 atom stereocenters. The molecular formula is C23H17ClN2O2. The number of hydrogen-bond donors (Lipinski definition) is 1. The average Bonchev–Trinajstić information content (AvgIpc) is 3.15. The lowest BCUT2D eigenvalue weighted by Crippen LogP contribution is -2.48. The molecule has 1 aromatic heterocycles. The number of halogens is 1. The van der Waals surface area contributed by atoms with E-state index in [1.165, 1.54) is 0 Å². The molecule has 1 N–H and O–H groups in total. The number of aromatic nitrogens is 1. The lowest BCUT2D eigenvalue weighted by molar-refractivity contribution is -0.107. The van der Waals surface area contributed by atoms with Crippen molar-refractivity contribution in [1.29, 1.82) is 5.26 Å². The number of nitrogens with zero attached hydrogens (tertiary/aromatic N) is 2. The third kappa shape index (κ3) is 2.18. The Hall–Kier alpha value is -2.87. The van der Waals surface area contributed by atoms with Gasteiger partial charge in [0.1, 0.15) is 11.4 Å². The van der Waals surface area contributed by atoms with Gasteiger partial charge in [-0.3, -0.25) is 4.98 Å². The topological polar surface area (TPSA) is 66.1 Å². The highest BCUT2D eigenvalue weighted by atomic mass is 35.5. The highest BCUT2D eigenvalue weighted by molar-refractivity contribution is 6.30. The van der Waals surface area contributed by atoms with Crippen LogP contribution >= 0.6 is 11.6 Å². The number of fused-ring (bicyclic) bond motifs is 3. The van der Waals surface area contributed by atoms with Crippen molar-refractivity contribution in [2.24, 2.45) is 0 Å². The van der Waals surface area contributed by atoms with Gasteiger partial charge in [-0.1, -0.05) is 54.1 Å². The van der Waals surface area contributed by atoms with Gasteiger partial charge in [-0.05, 0) is 36.1 Å². The summed E-state index contributed by atoms with van der Waals surface area (Å²) in [6, 6.07) is 21.2. The number of benzene rings is 2. The summed E-state index contributed by atoms with van der Waals surface area (Å²) in [5, 5.41) is 21.6. The zero-order valence-corrected chi connectivity index (χ0v) is 15.7. The minimum atomic E-state index is -1.28. The molecule has 4 nitrogen and oxygen atoms in total. The van der Waals surface area contributed by atoms with E-state index in [0.29, 0.717) is 28.5 Å². The second kappa shape index (κ2) is 6.07. The van der Waals surface area contributed by atoms with Crippen LogP contribution < -0.4 is 4.74 Å². The van der Waals surface area contributed by atoms with Crippen molar-refractivity contribution in [2.45, 2.75) is 30.0 Å². The third-order valence-electron chi connectivity index (χ3n) is 6.03. The predicted octanol–water partition coefficient (Wildman–Crippen LogP) is 4.66. The normalized spacial score (nSPS) is 27.5. The summed E-state index contributed by atoms with van der Waals surface area (Å²) in [4.78, 5) is 4.45. The predicted molar refractivity (Wildman–Crippen MR) is 105 cm³/mol. The molecule has 0 saturated heterocycles. The molecule has 1 aliphatic heterocycles. The van der Waals surface area contributed by atoms with Gasteiger partial charge in [-0.25, -0.2) is 0 Å². The zero-order chi connectivity index (χ0) is 19.4.